The highest BCUT2D eigenvalue weighted by Crippen LogP contribution is 2.35. The van der Waals surface area contributed by atoms with E-state index in [0.717, 1.165) is 12.8 Å². The summed E-state index contributed by atoms with van der Waals surface area (Å²) in [5.74, 6) is 1.03. The van der Waals surface area contributed by atoms with Crippen molar-refractivity contribution in [3.63, 3.8) is 0 Å². The summed E-state index contributed by atoms with van der Waals surface area (Å²) in [5.41, 5.74) is 0.996. The Morgan fingerprint density at radius 1 is 1.29 bits per heavy atom. The van der Waals surface area contributed by atoms with Crippen LogP contribution in [-0.4, -0.2) is 85.6 Å². The SMILES string of the molecule is CCCNc1nc2c(NC3CCOC3)ncnc2n1C1OC(CO)C(O)C1O. The smallest absolute Gasteiger partial charge is 0.207 e. The highest BCUT2D eigenvalue weighted by atomic mass is 16.6. The fourth-order valence-corrected chi connectivity index (χ4v) is 3.55. The van der Waals surface area contributed by atoms with Gasteiger partial charge in [0.05, 0.1) is 19.3 Å². The van der Waals surface area contributed by atoms with Gasteiger partial charge in [0.2, 0.25) is 5.95 Å². The molecule has 0 aromatic carbocycles. The Morgan fingerprint density at radius 3 is 2.82 bits per heavy atom. The number of aliphatic hydroxyl groups is 3. The quantitative estimate of drug-likeness (QED) is 0.415. The molecule has 5 unspecified atom stereocenters. The van der Waals surface area contributed by atoms with Crippen molar-refractivity contribution in [3.05, 3.63) is 6.33 Å². The molecule has 28 heavy (non-hydrogen) atoms. The summed E-state index contributed by atoms with van der Waals surface area (Å²) in [6, 6.07) is 0.143. The maximum absolute atomic E-state index is 10.5. The van der Waals surface area contributed by atoms with E-state index in [1.807, 2.05) is 6.92 Å². The second-order valence-corrected chi connectivity index (χ2v) is 7.06. The van der Waals surface area contributed by atoms with Gasteiger partial charge in [-0.2, -0.15) is 0 Å². The number of imidazole rings is 1. The lowest BCUT2D eigenvalue weighted by Gasteiger charge is -2.19. The maximum Gasteiger partial charge on any atom is 0.207 e. The molecule has 5 N–H and O–H groups in total. The number of hydrogen-bond donors (Lipinski definition) is 5. The van der Waals surface area contributed by atoms with Crippen molar-refractivity contribution in [1.82, 2.24) is 19.5 Å². The average Bonchev–Trinajstić information content (AvgIpc) is 3.40. The molecule has 2 fully saturated rings. The molecule has 0 bridgehead atoms. The lowest BCUT2D eigenvalue weighted by molar-refractivity contribution is -0.0501. The van der Waals surface area contributed by atoms with Crippen LogP contribution in [0.15, 0.2) is 6.33 Å². The van der Waals surface area contributed by atoms with E-state index in [2.05, 4.69) is 25.6 Å². The Bertz CT molecular complexity index is 811. The summed E-state index contributed by atoms with van der Waals surface area (Å²) < 4.78 is 12.7. The van der Waals surface area contributed by atoms with E-state index < -0.39 is 31.1 Å². The first-order valence-corrected chi connectivity index (χ1v) is 9.57. The number of aromatic nitrogens is 4. The van der Waals surface area contributed by atoms with Crippen molar-refractivity contribution in [3.8, 4) is 0 Å². The summed E-state index contributed by atoms with van der Waals surface area (Å²) >= 11 is 0. The van der Waals surface area contributed by atoms with Crippen LogP contribution >= 0.6 is 0 Å². The van der Waals surface area contributed by atoms with Crippen molar-refractivity contribution in [1.29, 1.82) is 0 Å². The van der Waals surface area contributed by atoms with Gasteiger partial charge in [0.25, 0.3) is 0 Å². The van der Waals surface area contributed by atoms with E-state index in [4.69, 9.17) is 9.47 Å². The molecule has 5 atom stereocenters. The van der Waals surface area contributed by atoms with Gasteiger partial charge in [-0.25, -0.2) is 15.0 Å². The molecule has 0 saturated carbocycles. The monoisotopic (exact) mass is 394 g/mol. The first-order valence-electron chi connectivity index (χ1n) is 9.57. The van der Waals surface area contributed by atoms with E-state index >= 15 is 0 Å². The van der Waals surface area contributed by atoms with Gasteiger partial charge in [0.15, 0.2) is 23.2 Å². The van der Waals surface area contributed by atoms with Crippen LogP contribution in [0, 0.1) is 0 Å². The average molecular weight is 394 g/mol. The number of nitrogens with one attached hydrogen (secondary N) is 2. The highest BCUT2D eigenvalue weighted by Gasteiger charge is 2.45. The molecule has 2 aromatic rings. The van der Waals surface area contributed by atoms with E-state index in [0.29, 0.717) is 42.7 Å². The summed E-state index contributed by atoms with van der Waals surface area (Å²) in [5, 5.41) is 36.6. The van der Waals surface area contributed by atoms with Crippen molar-refractivity contribution >= 4 is 22.9 Å². The van der Waals surface area contributed by atoms with Crippen molar-refractivity contribution in [2.75, 3.05) is 37.0 Å². The Morgan fingerprint density at radius 2 is 2.14 bits per heavy atom. The number of aliphatic hydroxyl groups excluding tert-OH is 3. The first-order chi connectivity index (χ1) is 13.6. The van der Waals surface area contributed by atoms with Gasteiger partial charge in [0, 0.05) is 13.2 Å². The minimum atomic E-state index is -1.23. The lowest BCUT2D eigenvalue weighted by atomic mass is 10.1. The first kappa shape index (κ1) is 19.3. The molecule has 2 aromatic heterocycles. The lowest BCUT2D eigenvalue weighted by Crippen LogP contribution is -2.33. The molecule has 2 saturated heterocycles. The Hall–Kier alpha value is -2.05. The Balaban J connectivity index is 1.75. The van der Waals surface area contributed by atoms with Crippen LogP contribution in [-0.2, 0) is 9.47 Å². The topological polar surface area (TPSA) is 147 Å². The third-order valence-corrected chi connectivity index (χ3v) is 5.05. The maximum atomic E-state index is 10.5. The number of nitrogens with zero attached hydrogens (tertiary/aromatic N) is 4. The molecule has 11 nitrogen and oxygen atoms in total. The van der Waals surface area contributed by atoms with Crippen LogP contribution in [0.2, 0.25) is 0 Å². The third kappa shape index (κ3) is 3.40. The zero-order valence-electron chi connectivity index (χ0n) is 15.7. The Kier molecular flexibility index (Phi) is 5.60. The third-order valence-electron chi connectivity index (χ3n) is 5.05. The van der Waals surface area contributed by atoms with Gasteiger partial charge in [-0.1, -0.05) is 6.92 Å². The molecule has 0 spiro atoms. The van der Waals surface area contributed by atoms with Crippen LogP contribution in [0.4, 0.5) is 11.8 Å². The predicted molar refractivity (Wildman–Crippen MR) is 100.0 cm³/mol. The zero-order valence-corrected chi connectivity index (χ0v) is 15.7. The second kappa shape index (κ2) is 8.13. The number of ether oxygens (including phenoxy) is 2. The minimum absolute atomic E-state index is 0.143. The number of rotatable bonds is 7. The van der Waals surface area contributed by atoms with Crippen LogP contribution in [0.3, 0.4) is 0 Å². The molecular formula is C17H26N6O5. The van der Waals surface area contributed by atoms with Crippen LogP contribution in [0.1, 0.15) is 26.0 Å². The van der Waals surface area contributed by atoms with Crippen LogP contribution < -0.4 is 10.6 Å². The molecule has 4 heterocycles. The van der Waals surface area contributed by atoms with E-state index in [9.17, 15) is 15.3 Å². The molecule has 0 radical (unpaired) electrons. The van der Waals surface area contributed by atoms with E-state index in [1.54, 1.807) is 4.57 Å². The highest BCUT2D eigenvalue weighted by molar-refractivity contribution is 5.85. The molecule has 2 aliphatic rings. The summed E-state index contributed by atoms with van der Waals surface area (Å²) in [7, 11) is 0. The molecule has 2 aliphatic heterocycles. The van der Waals surface area contributed by atoms with Gasteiger partial charge in [-0.3, -0.25) is 4.57 Å². The van der Waals surface area contributed by atoms with Gasteiger partial charge < -0.3 is 35.4 Å². The zero-order chi connectivity index (χ0) is 19.7. The summed E-state index contributed by atoms with van der Waals surface area (Å²) in [6.45, 7) is 3.58. The van der Waals surface area contributed by atoms with Crippen molar-refractivity contribution in [2.45, 2.75) is 50.3 Å². The molecule has 0 aliphatic carbocycles. The molecule has 154 valence electrons. The fourth-order valence-electron chi connectivity index (χ4n) is 3.55. The molecule has 11 heteroatoms. The standard InChI is InChI=1S/C17H26N6O5/c1-2-4-18-17-22-11-14(21-9-3-5-27-7-9)19-8-20-15(11)23(17)16-13(26)12(25)10(6-24)28-16/h8-10,12-13,16,24-26H,2-7H2,1H3,(H,18,22)(H,19,20,21). The second-order valence-electron chi connectivity index (χ2n) is 7.06. The van der Waals surface area contributed by atoms with Gasteiger partial charge in [0.1, 0.15) is 24.6 Å². The molecule has 4 rings (SSSR count). The largest absolute Gasteiger partial charge is 0.394 e. The number of fused-ring (bicyclic) bond motifs is 1. The predicted octanol–water partition coefficient (Wildman–Crippen LogP) is -0.539. The van der Waals surface area contributed by atoms with Crippen molar-refractivity contribution in [2.24, 2.45) is 0 Å². The normalized spacial score (nSPS) is 30.2. The van der Waals surface area contributed by atoms with E-state index in [-0.39, 0.29) is 6.04 Å². The number of anilines is 2. The van der Waals surface area contributed by atoms with Crippen molar-refractivity contribution < 1.29 is 24.8 Å². The molecular weight excluding hydrogens is 368 g/mol. The van der Waals surface area contributed by atoms with Gasteiger partial charge >= 0.3 is 0 Å². The Labute approximate surface area is 161 Å². The van der Waals surface area contributed by atoms with Crippen LogP contribution in [0.25, 0.3) is 11.2 Å². The minimum Gasteiger partial charge on any atom is -0.394 e. The summed E-state index contributed by atoms with van der Waals surface area (Å²) in [6.07, 6.45) is -1.09. The van der Waals surface area contributed by atoms with Gasteiger partial charge in [-0.05, 0) is 12.8 Å². The van der Waals surface area contributed by atoms with Gasteiger partial charge in [-0.15, -0.1) is 0 Å². The number of hydrogen-bond acceptors (Lipinski definition) is 10. The van der Waals surface area contributed by atoms with Crippen LogP contribution in [0.5, 0.6) is 0 Å². The molecule has 0 amide bonds. The van der Waals surface area contributed by atoms with E-state index in [1.165, 1.54) is 6.33 Å². The summed E-state index contributed by atoms with van der Waals surface area (Å²) in [4.78, 5) is 13.3. The fraction of sp³-hybridized carbons (Fsp3) is 0.706.